The number of hydrogen-bond acceptors (Lipinski definition) is 3. The molecule has 0 saturated heterocycles. The van der Waals surface area contributed by atoms with Crippen molar-refractivity contribution in [2.75, 3.05) is 13.6 Å². The fraction of sp³-hybridized carbons (Fsp3) is 0.333. The van der Waals surface area contributed by atoms with E-state index in [9.17, 15) is 0 Å². The molecule has 0 atom stereocenters. The maximum absolute atomic E-state index is 4.48. The highest BCUT2D eigenvalue weighted by molar-refractivity contribution is 5.64. The second-order valence-electron chi connectivity index (χ2n) is 3.75. The van der Waals surface area contributed by atoms with Crippen molar-refractivity contribution < 1.29 is 0 Å². The van der Waals surface area contributed by atoms with Crippen LogP contribution in [0.15, 0.2) is 30.7 Å². The van der Waals surface area contributed by atoms with Crippen LogP contribution in [0.4, 0.5) is 0 Å². The predicted octanol–water partition coefficient (Wildman–Crippen LogP) is 1.24. The van der Waals surface area contributed by atoms with Gasteiger partial charge in [-0.25, -0.2) is 0 Å². The molecule has 4 heteroatoms. The largest absolute Gasteiger partial charge is 0.319 e. The molecule has 0 aliphatic rings. The maximum Gasteiger partial charge on any atom is 0.0715 e. The second-order valence-corrected chi connectivity index (χ2v) is 3.75. The van der Waals surface area contributed by atoms with Crippen LogP contribution in [0.5, 0.6) is 0 Å². The lowest BCUT2D eigenvalue weighted by Crippen LogP contribution is -2.11. The molecule has 0 aromatic carbocycles. The summed E-state index contributed by atoms with van der Waals surface area (Å²) < 4.78 is 1.86. The molecular formula is C12H16N4. The summed E-state index contributed by atoms with van der Waals surface area (Å²) in [6.45, 7) is 0.940. The van der Waals surface area contributed by atoms with Crippen LogP contribution in [0, 0.1) is 0 Å². The normalized spacial score (nSPS) is 10.6. The molecule has 2 aromatic rings. The molecule has 0 amide bonds. The van der Waals surface area contributed by atoms with Gasteiger partial charge in [0.25, 0.3) is 0 Å². The number of likely N-dealkylation sites (N-methyl/N-ethyl adjacent to an activating group) is 1. The molecule has 0 saturated carbocycles. The molecule has 0 radical (unpaired) electrons. The third-order valence-electron chi connectivity index (χ3n) is 2.51. The summed E-state index contributed by atoms with van der Waals surface area (Å²) in [7, 11) is 3.91. The number of nitrogens with zero attached hydrogens (tertiary/aromatic N) is 3. The summed E-state index contributed by atoms with van der Waals surface area (Å²) in [6, 6.07) is 4.03. The Morgan fingerprint density at radius 3 is 2.75 bits per heavy atom. The number of nitrogens with one attached hydrogen (secondary N) is 1. The quantitative estimate of drug-likeness (QED) is 0.836. The van der Waals surface area contributed by atoms with Gasteiger partial charge in [0, 0.05) is 44.2 Å². The molecule has 2 aromatic heterocycles. The van der Waals surface area contributed by atoms with Crippen LogP contribution in [0.25, 0.3) is 11.1 Å². The minimum Gasteiger partial charge on any atom is -0.319 e. The lowest BCUT2D eigenvalue weighted by atomic mass is 10.1. The number of aryl methyl sites for hydroxylation is 1. The Hall–Kier alpha value is -1.68. The van der Waals surface area contributed by atoms with Gasteiger partial charge in [0.2, 0.25) is 0 Å². The van der Waals surface area contributed by atoms with Crippen molar-refractivity contribution in [3.8, 4) is 11.1 Å². The summed E-state index contributed by atoms with van der Waals surface area (Å²) in [4.78, 5) is 4.03. The number of hydrogen-bond donors (Lipinski definition) is 1. The molecular weight excluding hydrogens is 200 g/mol. The zero-order valence-corrected chi connectivity index (χ0v) is 9.64. The van der Waals surface area contributed by atoms with Crippen molar-refractivity contribution in [1.82, 2.24) is 20.1 Å². The zero-order valence-electron chi connectivity index (χ0n) is 9.64. The maximum atomic E-state index is 4.48. The predicted molar refractivity (Wildman–Crippen MR) is 64.1 cm³/mol. The van der Waals surface area contributed by atoms with Crippen molar-refractivity contribution in [1.29, 1.82) is 0 Å². The van der Waals surface area contributed by atoms with Gasteiger partial charge in [0.15, 0.2) is 0 Å². The van der Waals surface area contributed by atoms with Crippen LogP contribution in [0.1, 0.15) is 5.69 Å². The van der Waals surface area contributed by atoms with E-state index in [-0.39, 0.29) is 0 Å². The van der Waals surface area contributed by atoms with E-state index in [1.54, 1.807) is 0 Å². The number of aromatic nitrogens is 3. The Balaban J connectivity index is 2.33. The van der Waals surface area contributed by atoms with Gasteiger partial charge in [-0.05, 0) is 24.7 Å². The van der Waals surface area contributed by atoms with Crippen LogP contribution < -0.4 is 5.32 Å². The Morgan fingerprint density at radius 2 is 2.06 bits per heavy atom. The monoisotopic (exact) mass is 216 g/mol. The minimum absolute atomic E-state index is 0.939. The zero-order chi connectivity index (χ0) is 11.4. The van der Waals surface area contributed by atoms with E-state index in [4.69, 9.17) is 0 Å². The molecule has 16 heavy (non-hydrogen) atoms. The van der Waals surface area contributed by atoms with Crippen LogP contribution >= 0.6 is 0 Å². The summed E-state index contributed by atoms with van der Waals surface area (Å²) in [5.41, 5.74) is 3.50. The van der Waals surface area contributed by atoms with Crippen molar-refractivity contribution in [3.05, 3.63) is 36.4 Å². The molecule has 0 aliphatic heterocycles. The fourth-order valence-corrected chi connectivity index (χ4v) is 1.74. The first-order valence-corrected chi connectivity index (χ1v) is 5.39. The summed E-state index contributed by atoms with van der Waals surface area (Å²) in [6.07, 6.45) is 6.61. The Kier molecular flexibility index (Phi) is 3.31. The third-order valence-corrected chi connectivity index (χ3v) is 2.51. The van der Waals surface area contributed by atoms with Gasteiger partial charge < -0.3 is 5.32 Å². The smallest absolute Gasteiger partial charge is 0.0715 e. The topological polar surface area (TPSA) is 42.7 Å². The van der Waals surface area contributed by atoms with Gasteiger partial charge in [-0.1, -0.05) is 0 Å². The second kappa shape index (κ2) is 4.90. The van der Waals surface area contributed by atoms with E-state index in [2.05, 4.69) is 21.6 Å². The minimum atomic E-state index is 0.939. The Bertz CT molecular complexity index is 447. The molecule has 2 heterocycles. The highest BCUT2D eigenvalue weighted by Crippen LogP contribution is 2.21. The molecule has 0 aliphatic carbocycles. The molecule has 0 fully saturated rings. The van der Waals surface area contributed by atoms with E-state index in [0.717, 1.165) is 18.7 Å². The fourth-order valence-electron chi connectivity index (χ4n) is 1.74. The average Bonchev–Trinajstić information content (AvgIpc) is 2.69. The number of rotatable bonds is 4. The van der Waals surface area contributed by atoms with E-state index >= 15 is 0 Å². The van der Waals surface area contributed by atoms with Crippen LogP contribution in [-0.4, -0.2) is 28.4 Å². The first-order valence-electron chi connectivity index (χ1n) is 5.39. The molecule has 2 rings (SSSR count). The van der Waals surface area contributed by atoms with Gasteiger partial charge in [0.05, 0.1) is 5.69 Å². The lowest BCUT2D eigenvalue weighted by Gasteiger charge is -2.01. The Labute approximate surface area is 95.3 Å². The molecule has 0 unspecified atom stereocenters. The first kappa shape index (κ1) is 10.8. The molecule has 84 valence electrons. The molecule has 4 nitrogen and oxygen atoms in total. The molecule has 0 bridgehead atoms. The van der Waals surface area contributed by atoms with Gasteiger partial charge in [0.1, 0.15) is 0 Å². The van der Waals surface area contributed by atoms with Gasteiger partial charge in [-0.2, -0.15) is 5.10 Å². The SMILES string of the molecule is CNCCc1nn(C)cc1-c1ccncc1. The van der Waals surface area contributed by atoms with Crippen molar-refractivity contribution in [2.24, 2.45) is 7.05 Å². The van der Waals surface area contributed by atoms with Gasteiger partial charge in [-0.3, -0.25) is 9.67 Å². The summed E-state index contributed by atoms with van der Waals surface area (Å²) in [5.74, 6) is 0. The van der Waals surface area contributed by atoms with Crippen LogP contribution in [0.3, 0.4) is 0 Å². The van der Waals surface area contributed by atoms with Crippen LogP contribution in [0.2, 0.25) is 0 Å². The van der Waals surface area contributed by atoms with E-state index in [0.29, 0.717) is 0 Å². The van der Waals surface area contributed by atoms with Gasteiger partial charge in [-0.15, -0.1) is 0 Å². The first-order chi connectivity index (χ1) is 7.81. The molecule has 0 spiro atoms. The highest BCUT2D eigenvalue weighted by Gasteiger charge is 2.08. The Morgan fingerprint density at radius 1 is 1.31 bits per heavy atom. The van der Waals surface area contributed by atoms with E-state index in [1.165, 1.54) is 11.1 Å². The van der Waals surface area contributed by atoms with E-state index < -0.39 is 0 Å². The van der Waals surface area contributed by atoms with E-state index in [1.807, 2.05) is 43.3 Å². The lowest BCUT2D eigenvalue weighted by molar-refractivity contribution is 0.717. The number of pyridine rings is 1. The third kappa shape index (κ3) is 2.28. The van der Waals surface area contributed by atoms with Crippen molar-refractivity contribution >= 4 is 0 Å². The van der Waals surface area contributed by atoms with Gasteiger partial charge >= 0.3 is 0 Å². The average molecular weight is 216 g/mol. The standard InChI is InChI=1S/C12H16N4/c1-13-6-5-12-11(9-16(2)15-12)10-3-7-14-8-4-10/h3-4,7-9,13H,5-6H2,1-2H3. The van der Waals surface area contributed by atoms with Crippen molar-refractivity contribution in [3.63, 3.8) is 0 Å². The highest BCUT2D eigenvalue weighted by atomic mass is 15.3. The summed E-state index contributed by atoms with van der Waals surface area (Å²) >= 11 is 0. The summed E-state index contributed by atoms with van der Waals surface area (Å²) in [5, 5.41) is 7.62. The van der Waals surface area contributed by atoms with Crippen LogP contribution in [-0.2, 0) is 13.5 Å². The van der Waals surface area contributed by atoms with Crippen molar-refractivity contribution in [2.45, 2.75) is 6.42 Å². The molecule has 1 N–H and O–H groups in total.